The number of likely N-dealkylation sites (tertiary alicyclic amines) is 1. The van der Waals surface area contributed by atoms with E-state index in [2.05, 4.69) is 5.32 Å². The Bertz CT molecular complexity index is 1300. The SMILES string of the molecule is CC(Nc1cccc(Cl)c1F)[C@]1(C)CC(C(=O)N2CCC(O)CC2)=Cc2c1oc(N1CCOCC1)cc2=O. The maximum Gasteiger partial charge on any atom is 0.249 e. The fourth-order valence-electron chi connectivity index (χ4n) is 5.46. The van der Waals surface area contributed by atoms with Crippen molar-refractivity contribution < 1.29 is 23.4 Å². The van der Waals surface area contributed by atoms with E-state index in [9.17, 15) is 19.1 Å². The first-order valence-corrected chi connectivity index (χ1v) is 13.4. The van der Waals surface area contributed by atoms with Crippen molar-refractivity contribution in [2.45, 2.75) is 50.7 Å². The molecule has 1 aliphatic carbocycles. The third-order valence-corrected chi connectivity index (χ3v) is 8.29. The molecule has 1 amide bonds. The van der Waals surface area contributed by atoms with Crippen molar-refractivity contribution in [3.8, 4) is 0 Å². The maximum atomic E-state index is 14.8. The minimum Gasteiger partial charge on any atom is -0.444 e. The van der Waals surface area contributed by atoms with Crippen LogP contribution in [0.2, 0.25) is 5.02 Å². The molecule has 0 radical (unpaired) electrons. The number of ether oxygens (including phenoxy) is 1. The van der Waals surface area contributed by atoms with Crippen molar-refractivity contribution in [3.63, 3.8) is 0 Å². The van der Waals surface area contributed by atoms with E-state index in [1.54, 1.807) is 23.1 Å². The topological polar surface area (TPSA) is 95.2 Å². The molecule has 204 valence electrons. The van der Waals surface area contributed by atoms with E-state index in [0.29, 0.717) is 75.0 Å². The van der Waals surface area contributed by atoms with E-state index in [1.807, 2.05) is 18.7 Å². The number of nitrogens with one attached hydrogen (secondary N) is 1. The van der Waals surface area contributed by atoms with Gasteiger partial charge in [-0.2, -0.15) is 0 Å². The summed E-state index contributed by atoms with van der Waals surface area (Å²) in [4.78, 5) is 30.8. The Morgan fingerprint density at radius 3 is 2.66 bits per heavy atom. The molecule has 3 heterocycles. The van der Waals surface area contributed by atoms with Crippen molar-refractivity contribution >= 4 is 35.2 Å². The van der Waals surface area contributed by atoms with E-state index in [4.69, 9.17) is 20.8 Å². The zero-order chi connectivity index (χ0) is 27.0. The summed E-state index contributed by atoms with van der Waals surface area (Å²) in [5.74, 6) is 0.187. The third-order valence-electron chi connectivity index (χ3n) is 7.99. The summed E-state index contributed by atoms with van der Waals surface area (Å²) in [6.07, 6.45) is 2.55. The first-order chi connectivity index (χ1) is 18.2. The summed E-state index contributed by atoms with van der Waals surface area (Å²) in [6, 6.07) is 5.77. The fourth-order valence-corrected chi connectivity index (χ4v) is 5.63. The Balaban J connectivity index is 1.56. The monoisotopic (exact) mass is 545 g/mol. The van der Waals surface area contributed by atoms with Gasteiger partial charge in [0.1, 0.15) is 5.76 Å². The summed E-state index contributed by atoms with van der Waals surface area (Å²) in [7, 11) is 0. The molecule has 2 N–H and O–H groups in total. The van der Waals surface area contributed by atoms with Gasteiger partial charge in [-0.1, -0.05) is 24.6 Å². The second-order valence-electron chi connectivity index (χ2n) is 10.5. The normalized spacial score (nSPS) is 23.0. The maximum absolute atomic E-state index is 14.8. The average molecular weight is 546 g/mol. The highest BCUT2D eigenvalue weighted by Gasteiger charge is 2.44. The summed E-state index contributed by atoms with van der Waals surface area (Å²) < 4.78 is 26.7. The molecule has 2 aromatic rings. The van der Waals surface area contributed by atoms with E-state index < -0.39 is 23.4 Å². The summed E-state index contributed by atoms with van der Waals surface area (Å²) in [5, 5.41) is 13.1. The average Bonchev–Trinajstić information content (AvgIpc) is 2.92. The molecule has 0 saturated carbocycles. The van der Waals surface area contributed by atoms with Crippen LogP contribution in [0.25, 0.3) is 6.08 Å². The van der Waals surface area contributed by atoms with Gasteiger partial charge in [-0.3, -0.25) is 9.59 Å². The number of morpholine rings is 1. The van der Waals surface area contributed by atoms with Crippen molar-refractivity contribution in [1.29, 1.82) is 0 Å². The Labute approximate surface area is 226 Å². The van der Waals surface area contributed by atoms with Crippen molar-refractivity contribution in [1.82, 2.24) is 4.90 Å². The number of benzene rings is 1. The molecule has 1 unspecified atom stereocenters. The van der Waals surface area contributed by atoms with Gasteiger partial charge in [0, 0.05) is 43.9 Å². The Hall–Kier alpha value is -2.88. The molecule has 2 saturated heterocycles. The number of piperidine rings is 1. The predicted octanol–water partition coefficient (Wildman–Crippen LogP) is 3.80. The molecular formula is C28H33ClFN3O5. The fraction of sp³-hybridized carbons (Fsp3) is 0.500. The standard InChI is InChI=1S/C28H33ClFN3O5/c1-17(31-22-5-3-4-21(29)25(22)30)28(2)16-18(27(36)33-8-6-19(34)7-9-33)14-20-23(35)15-24(38-26(20)28)32-10-12-37-13-11-32/h3-5,14-15,17,19,31,34H,6-13,16H2,1-2H3/t17?,28-/m0/s1. The van der Waals surface area contributed by atoms with Crippen LogP contribution in [-0.4, -0.2) is 67.5 Å². The molecule has 2 fully saturated rings. The zero-order valence-corrected chi connectivity index (χ0v) is 22.4. The molecule has 0 spiro atoms. The molecule has 3 aliphatic rings. The number of halogens is 2. The Kier molecular flexibility index (Phi) is 7.53. The summed E-state index contributed by atoms with van der Waals surface area (Å²) in [6.45, 7) is 6.98. The third kappa shape index (κ3) is 5.07. The van der Waals surface area contributed by atoms with Gasteiger partial charge in [-0.25, -0.2) is 4.39 Å². The molecule has 1 aromatic heterocycles. The zero-order valence-electron chi connectivity index (χ0n) is 21.6. The van der Waals surface area contributed by atoms with Crippen LogP contribution in [-0.2, 0) is 14.9 Å². The van der Waals surface area contributed by atoms with Gasteiger partial charge in [0.25, 0.3) is 0 Å². The number of fused-ring (bicyclic) bond motifs is 1. The first-order valence-electron chi connectivity index (χ1n) is 13.1. The quantitative estimate of drug-likeness (QED) is 0.590. The predicted molar refractivity (Wildman–Crippen MR) is 144 cm³/mol. The molecule has 2 atom stereocenters. The lowest BCUT2D eigenvalue weighted by Gasteiger charge is -2.41. The van der Waals surface area contributed by atoms with Crippen LogP contribution in [0.3, 0.4) is 0 Å². The highest BCUT2D eigenvalue weighted by molar-refractivity contribution is 6.31. The second kappa shape index (κ2) is 10.7. The molecule has 10 heteroatoms. The lowest BCUT2D eigenvalue weighted by Crippen LogP contribution is -2.47. The molecule has 1 aromatic carbocycles. The van der Waals surface area contributed by atoms with Crippen LogP contribution in [0.1, 0.15) is 44.4 Å². The van der Waals surface area contributed by atoms with Gasteiger partial charge < -0.3 is 29.4 Å². The highest BCUT2D eigenvalue weighted by atomic mass is 35.5. The van der Waals surface area contributed by atoms with E-state index in [1.165, 1.54) is 12.1 Å². The minimum atomic E-state index is -0.874. The van der Waals surface area contributed by atoms with Crippen LogP contribution in [0.5, 0.6) is 0 Å². The van der Waals surface area contributed by atoms with Gasteiger partial charge in [-0.05, 0) is 44.4 Å². The largest absolute Gasteiger partial charge is 0.444 e. The van der Waals surface area contributed by atoms with Gasteiger partial charge in [0.2, 0.25) is 5.91 Å². The van der Waals surface area contributed by atoms with Crippen molar-refractivity contribution in [3.05, 3.63) is 62.2 Å². The molecule has 5 rings (SSSR count). The summed E-state index contributed by atoms with van der Waals surface area (Å²) in [5.41, 5.74) is -0.0638. The van der Waals surface area contributed by atoms with Crippen LogP contribution in [0.4, 0.5) is 16.0 Å². The summed E-state index contributed by atoms with van der Waals surface area (Å²) >= 11 is 6.02. The lowest BCUT2D eigenvalue weighted by molar-refractivity contribution is -0.129. The molecular weight excluding hydrogens is 513 g/mol. The highest BCUT2D eigenvalue weighted by Crippen LogP contribution is 2.43. The smallest absolute Gasteiger partial charge is 0.249 e. The van der Waals surface area contributed by atoms with Crippen LogP contribution in [0, 0.1) is 5.82 Å². The number of amides is 1. The van der Waals surface area contributed by atoms with E-state index >= 15 is 0 Å². The van der Waals surface area contributed by atoms with Crippen molar-refractivity contribution in [2.24, 2.45) is 0 Å². The Morgan fingerprint density at radius 1 is 1.24 bits per heavy atom. The number of hydrogen-bond acceptors (Lipinski definition) is 7. The molecule has 2 aliphatic heterocycles. The number of nitrogens with zero attached hydrogens (tertiary/aromatic N) is 2. The van der Waals surface area contributed by atoms with Gasteiger partial charge in [0.15, 0.2) is 17.1 Å². The lowest BCUT2D eigenvalue weighted by atomic mass is 9.70. The number of carbonyl (C=O) groups is 1. The van der Waals surface area contributed by atoms with Gasteiger partial charge >= 0.3 is 0 Å². The minimum absolute atomic E-state index is 0.000539. The number of anilines is 2. The van der Waals surface area contributed by atoms with Gasteiger partial charge in [0.05, 0.1) is 41.0 Å². The Morgan fingerprint density at radius 2 is 1.95 bits per heavy atom. The van der Waals surface area contributed by atoms with E-state index in [-0.39, 0.29) is 28.5 Å². The van der Waals surface area contributed by atoms with E-state index in [0.717, 1.165) is 0 Å². The first kappa shape index (κ1) is 26.7. The van der Waals surface area contributed by atoms with Crippen LogP contribution < -0.4 is 15.6 Å². The van der Waals surface area contributed by atoms with Crippen molar-refractivity contribution in [2.75, 3.05) is 49.6 Å². The number of aliphatic hydroxyl groups is 1. The van der Waals surface area contributed by atoms with Crippen LogP contribution >= 0.6 is 11.6 Å². The number of carbonyl (C=O) groups excluding carboxylic acids is 1. The van der Waals surface area contributed by atoms with Crippen LogP contribution in [0.15, 0.2) is 39.1 Å². The second-order valence-corrected chi connectivity index (χ2v) is 11.0. The number of rotatable bonds is 5. The van der Waals surface area contributed by atoms with Gasteiger partial charge in [-0.15, -0.1) is 0 Å². The number of aliphatic hydroxyl groups excluding tert-OH is 1. The molecule has 38 heavy (non-hydrogen) atoms. The number of hydrogen-bond donors (Lipinski definition) is 2. The molecule has 0 bridgehead atoms. The molecule has 8 nitrogen and oxygen atoms in total.